The average molecular weight is 444 g/mol. The van der Waals surface area contributed by atoms with Crippen LogP contribution < -0.4 is 4.74 Å². The number of aliphatic hydroxyl groups is 1. The van der Waals surface area contributed by atoms with Gasteiger partial charge in [-0.15, -0.1) is 0 Å². The van der Waals surface area contributed by atoms with Crippen LogP contribution in [0, 0.1) is 5.92 Å². The molecule has 2 bridgehead atoms. The highest BCUT2D eigenvalue weighted by Crippen LogP contribution is 2.65. The van der Waals surface area contributed by atoms with Gasteiger partial charge in [-0.25, -0.2) is 0 Å². The highest BCUT2D eigenvalue weighted by Gasteiger charge is 2.75. The van der Waals surface area contributed by atoms with Crippen molar-refractivity contribution < 1.29 is 29.2 Å². The Morgan fingerprint density at radius 3 is 2.78 bits per heavy atom. The van der Waals surface area contributed by atoms with Crippen LogP contribution in [0.2, 0.25) is 0 Å². The summed E-state index contributed by atoms with van der Waals surface area (Å²) in [5.74, 6) is 0.956. The van der Waals surface area contributed by atoms with Crippen molar-refractivity contribution in [1.82, 2.24) is 4.90 Å². The smallest absolute Gasteiger partial charge is 0.203 e. The minimum absolute atomic E-state index is 0.0182. The molecular formula is C25H33NO6. The molecular weight excluding hydrogens is 410 g/mol. The van der Waals surface area contributed by atoms with Gasteiger partial charge in [0, 0.05) is 24.6 Å². The van der Waals surface area contributed by atoms with Crippen molar-refractivity contribution in [2.45, 2.75) is 87.7 Å². The lowest BCUT2D eigenvalue weighted by molar-refractivity contribution is -0.223. The molecule has 0 unspecified atom stereocenters. The fraction of sp³-hybridized carbons (Fsp3) is 0.720. The van der Waals surface area contributed by atoms with Crippen LogP contribution in [0.1, 0.15) is 57.6 Å². The third-order valence-electron chi connectivity index (χ3n) is 8.35. The highest BCUT2D eigenvalue weighted by atomic mass is 16.7. The zero-order chi connectivity index (χ0) is 22.5. The van der Waals surface area contributed by atoms with E-state index in [9.17, 15) is 15.0 Å². The van der Waals surface area contributed by atoms with E-state index in [1.54, 1.807) is 6.07 Å². The number of piperidine rings is 1. The van der Waals surface area contributed by atoms with Gasteiger partial charge >= 0.3 is 0 Å². The minimum Gasteiger partial charge on any atom is -0.504 e. The third-order valence-corrected chi connectivity index (χ3v) is 8.35. The topological polar surface area (TPSA) is 88.5 Å². The van der Waals surface area contributed by atoms with E-state index in [0.717, 1.165) is 24.2 Å². The first-order chi connectivity index (χ1) is 15.1. The van der Waals surface area contributed by atoms with Crippen molar-refractivity contribution in [3.63, 3.8) is 0 Å². The quantitative estimate of drug-likeness (QED) is 0.675. The summed E-state index contributed by atoms with van der Waals surface area (Å²) < 4.78 is 17.8. The van der Waals surface area contributed by atoms with Gasteiger partial charge < -0.3 is 24.4 Å². The first-order valence-electron chi connectivity index (χ1n) is 11.9. The molecule has 1 saturated heterocycles. The molecule has 0 amide bonds. The van der Waals surface area contributed by atoms with Crippen LogP contribution in [-0.2, 0) is 26.1 Å². The lowest BCUT2D eigenvalue weighted by Crippen LogP contribution is -2.78. The second-order valence-electron chi connectivity index (χ2n) is 11.4. The summed E-state index contributed by atoms with van der Waals surface area (Å²) in [6, 6.07) is 3.50. The molecule has 2 saturated carbocycles. The maximum atomic E-state index is 13.6. The van der Waals surface area contributed by atoms with Gasteiger partial charge in [0.25, 0.3) is 0 Å². The van der Waals surface area contributed by atoms with E-state index in [-0.39, 0.29) is 36.4 Å². The summed E-state index contributed by atoms with van der Waals surface area (Å²) in [6.07, 6.45) is 2.39. The van der Waals surface area contributed by atoms with Crippen molar-refractivity contribution in [2.75, 3.05) is 19.9 Å². The Morgan fingerprint density at radius 1 is 1.28 bits per heavy atom. The Morgan fingerprint density at radius 2 is 2.06 bits per heavy atom. The second kappa shape index (κ2) is 6.69. The number of aromatic hydroxyl groups is 1. The molecule has 3 aliphatic carbocycles. The summed E-state index contributed by atoms with van der Waals surface area (Å²) in [5, 5.41) is 23.1. The summed E-state index contributed by atoms with van der Waals surface area (Å²) in [4.78, 5) is 16.1. The number of carbonyl (C=O) groups is 1. The number of ether oxygens (including phenoxy) is 3. The Bertz CT molecular complexity index is 968. The normalized spacial score (nSPS) is 37.9. The number of phenols is 1. The van der Waals surface area contributed by atoms with E-state index in [2.05, 4.69) is 4.90 Å². The Balaban J connectivity index is 1.41. The lowest BCUT2D eigenvalue weighted by Gasteiger charge is -2.63. The molecule has 2 aliphatic heterocycles. The van der Waals surface area contributed by atoms with E-state index in [4.69, 9.17) is 14.2 Å². The number of nitrogens with zero attached hydrogens (tertiary/aromatic N) is 1. The van der Waals surface area contributed by atoms with Crippen LogP contribution in [0.3, 0.4) is 0 Å². The largest absolute Gasteiger partial charge is 0.504 e. The summed E-state index contributed by atoms with van der Waals surface area (Å²) >= 11 is 0. The van der Waals surface area contributed by atoms with Gasteiger partial charge in [0.1, 0.15) is 12.9 Å². The third kappa shape index (κ3) is 2.77. The molecule has 1 aromatic rings. The number of rotatable bonds is 5. The number of carbonyl (C=O) groups excluding carboxylic acids is 1. The van der Waals surface area contributed by atoms with Gasteiger partial charge in [0.05, 0.1) is 16.6 Å². The molecule has 2 N–H and O–H groups in total. The molecule has 5 atom stereocenters. The Hall–Kier alpha value is -1.67. The van der Waals surface area contributed by atoms with Crippen LogP contribution in [-0.4, -0.2) is 70.2 Å². The maximum Gasteiger partial charge on any atom is 0.203 e. The fourth-order valence-electron chi connectivity index (χ4n) is 6.69. The molecule has 1 aromatic carbocycles. The molecule has 3 fully saturated rings. The first-order valence-corrected chi connectivity index (χ1v) is 11.9. The fourth-order valence-corrected chi connectivity index (χ4v) is 6.69. The predicted molar refractivity (Wildman–Crippen MR) is 116 cm³/mol. The van der Waals surface area contributed by atoms with Crippen LogP contribution >= 0.6 is 0 Å². The van der Waals surface area contributed by atoms with Crippen molar-refractivity contribution in [2.24, 2.45) is 5.92 Å². The van der Waals surface area contributed by atoms with E-state index in [1.807, 2.05) is 26.8 Å². The standard InChI is InChI=1S/C25H33NO6/c1-23(2,3)31-13-30-17-11-25(29)18-10-15-6-7-16(27)21-19(15)24(25,22(32-21)20(17)28)8-9-26(18)12-14-4-5-14/h6-7,14,17-18,22,27,29H,4-5,8-13H2,1-3H3/t17-,18-,22+,24+,25-/m1/s1. The average Bonchev–Trinajstić information content (AvgIpc) is 3.45. The summed E-state index contributed by atoms with van der Waals surface area (Å²) in [6.45, 7) is 7.60. The van der Waals surface area contributed by atoms with Crippen LogP contribution in [0.15, 0.2) is 12.1 Å². The van der Waals surface area contributed by atoms with E-state index in [0.29, 0.717) is 24.5 Å². The summed E-state index contributed by atoms with van der Waals surface area (Å²) in [7, 11) is 0. The number of Topliss-reactive ketones (excluding diaryl/α,β-unsaturated/α-hetero) is 1. The molecule has 6 rings (SSSR count). The number of hydrogen-bond donors (Lipinski definition) is 2. The Labute approximate surface area is 188 Å². The maximum absolute atomic E-state index is 13.6. The SMILES string of the molecule is CC(C)(C)OCO[C@@H]1C[C@@]2(O)[C@H]3Cc4ccc(O)c5c4[C@@]2(CCN3CC2CC2)[C@@H](O5)C1=O. The number of likely N-dealkylation sites (tertiary alicyclic amines) is 1. The zero-order valence-corrected chi connectivity index (χ0v) is 19.1. The number of hydrogen-bond acceptors (Lipinski definition) is 7. The van der Waals surface area contributed by atoms with Gasteiger partial charge in [0.15, 0.2) is 17.6 Å². The number of ketones is 1. The van der Waals surface area contributed by atoms with Crippen LogP contribution in [0.5, 0.6) is 11.5 Å². The van der Waals surface area contributed by atoms with Crippen molar-refractivity contribution in [3.8, 4) is 11.5 Å². The minimum atomic E-state index is -1.17. The molecule has 1 spiro atoms. The molecule has 0 radical (unpaired) electrons. The van der Waals surface area contributed by atoms with Crippen LogP contribution in [0.25, 0.3) is 0 Å². The monoisotopic (exact) mass is 443 g/mol. The number of phenolic OH excluding ortho intramolecular Hbond substituents is 1. The van der Waals surface area contributed by atoms with Crippen molar-refractivity contribution >= 4 is 5.78 Å². The molecule has 174 valence electrons. The second-order valence-corrected chi connectivity index (χ2v) is 11.4. The molecule has 7 heteroatoms. The molecule has 0 aromatic heterocycles. The summed E-state index contributed by atoms with van der Waals surface area (Å²) in [5.41, 5.74) is -0.457. The van der Waals surface area contributed by atoms with Gasteiger partial charge in [-0.1, -0.05) is 6.07 Å². The first kappa shape index (κ1) is 20.9. The van der Waals surface area contributed by atoms with Gasteiger partial charge in [-0.2, -0.15) is 0 Å². The zero-order valence-electron chi connectivity index (χ0n) is 19.1. The molecule has 5 aliphatic rings. The van der Waals surface area contributed by atoms with E-state index < -0.39 is 23.2 Å². The van der Waals surface area contributed by atoms with Gasteiger partial charge in [0.2, 0.25) is 5.78 Å². The predicted octanol–water partition coefficient (Wildman–Crippen LogP) is 2.29. The van der Waals surface area contributed by atoms with Crippen LogP contribution in [0.4, 0.5) is 0 Å². The van der Waals surface area contributed by atoms with Gasteiger partial charge in [-0.05, 0) is 70.5 Å². The van der Waals surface area contributed by atoms with Crippen molar-refractivity contribution in [1.29, 1.82) is 0 Å². The highest BCUT2D eigenvalue weighted by molar-refractivity contribution is 5.93. The van der Waals surface area contributed by atoms with Gasteiger partial charge in [-0.3, -0.25) is 9.69 Å². The van der Waals surface area contributed by atoms with E-state index in [1.165, 1.54) is 12.8 Å². The Kier molecular flexibility index (Phi) is 4.37. The molecule has 2 heterocycles. The molecule has 7 nitrogen and oxygen atoms in total. The molecule has 32 heavy (non-hydrogen) atoms. The lowest BCUT2D eigenvalue weighted by atomic mass is 9.48. The van der Waals surface area contributed by atoms with E-state index >= 15 is 0 Å². The number of benzene rings is 1. The van der Waals surface area contributed by atoms with Crippen molar-refractivity contribution in [3.05, 3.63) is 23.3 Å².